The van der Waals surface area contributed by atoms with Gasteiger partial charge >= 0.3 is 0 Å². The number of nitrogens with zero attached hydrogens (tertiary/aromatic N) is 1. The Bertz CT molecular complexity index is 908. The molecule has 3 nitrogen and oxygen atoms in total. The maximum atomic E-state index is 5.48. The number of para-hydroxylation sites is 1. The highest BCUT2D eigenvalue weighted by molar-refractivity contribution is 5.77. The lowest BCUT2D eigenvalue weighted by Crippen LogP contribution is -2.36. The summed E-state index contributed by atoms with van der Waals surface area (Å²) in [4.78, 5) is 5.68. The molecule has 0 radical (unpaired) electrons. The van der Waals surface area contributed by atoms with Crippen LogP contribution in [0.4, 0.5) is 5.69 Å². The smallest absolute Gasteiger partial charge is 0.0642 e. The van der Waals surface area contributed by atoms with E-state index in [1.807, 2.05) is 25.3 Å². The summed E-state index contributed by atoms with van der Waals surface area (Å²) >= 11 is 0. The molecule has 1 aromatic heterocycles. The van der Waals surface area contributed by atoms with Crippen molar-refractivity contribution in [2.45, 2.75) is 6.92 Å². The van der Waals surface area contributed by atoms with Gasteiger partial charge in [0.15, 0.2) is 0 Å². The predicted octanol–water partition coefficient (Wildman–Crippen LogP) is 5.72. The molecule has 1 aromatic carbocycles. The number of aromatic nitrogens is 1. The van der Waals surface area contributed by atoms with E-state index in [1.54, 1.807) is 0 Å². The molecule has 1 aliphatic heterocycles. The second kappa shape index (κ2) is 9.77. The average Bonchev–Trinajstić information content (AvgIpc) is 3.22. The third-order valence-electron chi connectivity index (χ3n) is 4.70. The molecule has 0 bridgehead atoms. The van der Waals surface area contributed by atoms with E-state index >= 15 is 0 Å². The van der Waals surface area contributed by atoms with Gasteiger partial charge in [0.05, 0.1) is 13.2 Å². The van der Waals surface area contributed by atoms with Crippen LogP contribution < -0.4 is 4.90 Å². The van der Waals surface area contributed by atoms with Crippen molar-refractivity contribution in [3.8, 4) is 0 Å². The van der Waals surface area contributed by atoms with Gasteiger partial charge in [-0.15, -0.1) is 0 Å². The Labute approximate surface area is 168 Å². The molecule has 1 N–H and O–H groups in total. The first-order chi connectivity index (χ1) is 13.7. The number of morpholine rings is 1. The Balaban J connectivity index is 1.80. The lowest BCUT2D eigenvalue weighted by Gasteiger charge is -2.30. The molecule has 3 rings (SSSR count). The van der Waals surface area contributed by atoms with Crippen LogP contribution in [0, 0.1) is 0 Å². The van der Waals surface area contributed by atoms with Crippen molar-refractivity contribution in [2.24, 2.45) is 0 Å². The number of aromatic amines is 1. The normalized spacial score (nSPS) is 15.5. The third kappa shape index (κ3) is 5.02. The Morgan fingerprint density at radius 3 is 2.68 bits per heavy atom. The summed E-state index contributed by atoms with van der Waals surface area (Å²) in [6.07, 6.45) is 14.2. The van der Waals surface area contributed by atoms with Gasteiger partial charge in [0.25, 0.3) is 0 Å². The maximum absolute atomic E-state index is 5.48. The Kier molecular flexibility index (Phi) is 6.88. The van der Waals surface area contributed by atoms with Gasteiger partial charge in [-0.1, -0.05) is 61.7 Å². The number of hydrogen-bond acceptors (Lipinski definition) is 2. The van der Waals surface area contributed by atoms with Crippen molar-refractivity contribution in [1.82, 2.24) is 4.98 Å². The van der Waals surface area contributed by atoms with E-state index in [-0.39, 0.29) is 0 Å². The molecule has 1 aliphatic rings. The zero-order valence-electron chi connectivity index (χ0n) is 16.5. The van der Waals surface area contributed by atoms with Crippen LogP contribution in [-0.2, 0) is 4.74 Å². The summed E-state index contributed by atoms with van der Waals surface area (Å²) in [6, 6.07) is 10.6. The second-order valence-electron chi connectivity index (χ2n) is 6.72. The lowest BCUT2D eigenvalue weighted by atomic mass is 10.1. The summed E-state index contributed by atoms with van der Waals surface area (Å²) in [7, 11) is 0. The summed E-state index contributed by atoms with van der Waals surface area (Å²) in [5.41, 5.74) is 6.60. The second-order valence-corrected chi connectivity index (χ2v) is 6.72. The molecular weight excluding hydrogens is 344 g/mol. The van der Waals surface area contributed by atoms with Crippen molar-refractivity contribution >= 4 is 23.4 Å². The molecule has 1 fully saturated rings. The van der Waals surface area contributed by atoms with Crippen molar-refractivity contribution in [2.75, 3.05) is 31.2 Å². The van der Waals surface area contributed by atoms with Crippen LogP contribution in [0.3, 0.4) is 0 Å². The molecule has 0 amide bonds. The quantitative estimate of drug-likeness (QED) is 0.629. The molecule has 0 spiro atoms. The Hall–Kier alpha value is -3.04. The zero-order chi connectivity index (χ0) is 19.8. The summed E-state index contributed by atoms with van der Waals surface area (Å²) < 4.78 is 5.48. The van der Waals surface area contributed by atoms with Crippen LogP contribution in [0.2, 0.25) is 0 Å². The molecule has 3 heteroatoms. The number of rotatable bonds is 7. The van der Waals surface area contributed by atoms with Gasteiger partial charge in [-0.2, -0.15) is 0 Å². The molecule has 0 saturated carbocycles. The first kappa shape index (κ1) is 19.7. The van der Waals surface area contributed by atoms with Crippen LogP contribution in [0.25, 0.3) is 17.7 Å². The van der Waals surface area contributed by atoms with Crippen molar-refractivity contribution in [3.05, 3.63) is 96.4 Å². The summed E-state index contributed by atoms with van der Waals surface area (Å²) in [6.45, 7) is 13.5. The SMILES string of the molecule is C=Cc1c[nH]c(C(/C=C\C)=C/C(=C)/C=C/c2ccccc2N2CCOCC2)c1. The van der Waals surface area contributed by atoms with Crippen LogP contribution in [0.15, 0.2) is 79.6 Å². The maximum Gasteiger partial charge on any atom is 0.0642 e. The summed E-state index contributed by atoms with van der Waals surface area (Å²) in [5, 5.41) is 0. The third-order valence-corrected chi connectivity index (χ3v) is 4.70. The molecule has 28 heavy (non-hydrogen) atoms. The van der Waals surface area contributed by atoms with E-state index in [9.17, 15) is 0 Å². The number of H-pyrrole nitrogens is 1. The topological polar surface area (TPSA) is 28.3 Å². The van der Waals surface area contributed by atoms with E-state index in [0.29, 0.717) is 0 Å². The number of ether oxygens (including phenoxy) is 1. The zero-order valence-corrected chi connectivity index (χ0v) is 16.5. The van der Waals surface area contributed by atoms with Gasteiger partial charge in [-0.25, -0.2) is 0 Å². The van der Waals surface area contributed by atoms with Crippen LogP contribution >= 0.6 is 0 Å². The fraction of sp³-hybridized carbons (Fsp3) is 0.200. The number of hydrogen-bond donors (Lipinski definition) is 1. The van der Waals surface area contributed by atoms with Crippen LogP contribution in [0.1, 0.15) is 23.7 Å². The van der Waals surface area contributed by atoms with Crippen LogP contribution in [-0.4, -0.2) is 31.3 Å². The highest BCUT2D eigenvalue weighted by atomic mass is 16.5. The highest BCUT2D eigenvalue weighted by Crippen LogP contribution is 2.24. The highest BCUT2D eigenvalue weighted by Gasteiger charge is 2.13. The summed E-state index contributed by atoms with van der Waals surface area (Å²) in [5.74, 6) is 0. The van der Waals surface area contributed by atoms with Crippen LogP contribution in [0.5, 0.6) is 0 Å². The van der Waals surface area contributed by atoms with Gasteiger partial charge in [0.2, 0.25) is 0 Å². The lowest BCUT2D eigenvalue weighted by molar-refractivity contribution is 0.122. The monoisotopic (exact) mass is 372 g/mol. The van der Waals surface area contributed by atoms with Gasteiger partial charge in [-0.05, 0) is 47.4 Å². The molecule has 144 valence electrons. The molecule has 2 heterocycles. The fourth-order valence-electron chi connectivity index (χ4n) is 3.26. The Morgan fingerprint density at radius 2 is 1.96 bits per heavy atom. The van der Waals surface area contributed by atoms with E-state index < -0.39 is 0 Å². The number of nitrogens with one attached hydrogen (secondary N) is 1. The average molecular weight is 373 g/mol. The number of anilines is 1. The first-order valence-electron chi connectivity index (χ1n) is 9.65. The van der Waals surface area contributed by atoms with Crippen molar-refractivity contribution in [3.63, 3.8) is 0 Å². The largest absolute Gasteiger partial charge is 0.378 e. The van der Waals surface area contributed by atoms with E-state index in [2.05, 4.69) is 77.7 Å². The first-order valence-corrected chi connectivity index (χ1v) is 9.65. The molecule has 1 saturated heterocycles. The minimum absolute atomic E-state index is 0.781. The van der Waals surface area contributed by atoms with E-state index in [4.69, 9.17) is 4.74 Å². The van der Waals surface area contributed by atoms with E-state index in [1.165, 1.54) is 11.3 Å². The molecule has 2 aromatic rings. The number of benzene rings is 1. The Morgan fingerprint density at radius 1 is 1.18 bits per heavy atom. The van der Waals surface area contributed by atoms with Gasteiger partial charge in [0, 0.05) is 30.7 Å². The standard InChI is InChI=1S/C25H28N2O/c1-4-8-23(24-18-21(5-2)19-26-24)17-20(3)11-12-22-9-6-7-10-25(22)27-13-15-28-16-14-27/h4-12,17-19,26H,2-3,13-16H2,1H3/b8-4-,12-11+,23-17+. The molecule has 0 aliphatic carbocycles. The van der Waals surface area contributed by atoms with Crippen molar-refractivity contribution in [1.29, 1.82) is 0 Å². The minimum Gasteiger partial charge on any atom is -0.378 e. The fourth-order valence-corrected chi connectivity index (χ4v) is 3.26. The van der Waals surface area contributed by atoms with Gasteiger partial charge < -0.3 is 14.6 Å². The molecule has 0 atom stereocenters. The molecular formula is C25H28N2O. The van der Waals surface area contributed by atoms with Crippen molar-refractivity contribution < 1.29 is 4.74 Å². The number of allylic oxidation sites excluding steroid dienone is 6. The van der Waals surface area contributed by atoms with Gasteiger partial charge in [-0.3, -0.25) is 0 Å². The molecule has 0 unspecified atom stereocenters. The van der Waals surface area contributed by atoms with Gasteiger partial charge in [0.1, 0.15) is 0 Å². The minimum atomic E-state index is 0.781. The van der Waals surface area contributed by atoms with E-state index in [0.717, 1.165) is 48.7 Å². The predicted molar refractivity (Wildman–Crippen MR) is 121 cm³/mol.